The van der Waals surface area contributed by atoms with Gasteiger partial charge in [0.1, 0.15) is 12.1 Å². The molecule has 1 aromatic carbocycles. The number of nitrogens with zero attached hydrogens (tertiary/aromatic N) is 5. The van der Waals surface area contributed by atoms with E-state index >= 15 is 0 Å². The number of anilines is 1. The van der Waals surface area contributed by atoms with Crippen molar-refractivity contribution in [2.75, 3.05) is 5.32 Å². The minimum Gasteiger partial charge on any atom is -0.324 e. The Morgan fingerprint density at radius 3 is 2.62 bits per heavy atom. The molecule has 3 rings (SSSR count). The molecule has 0 atom stereocenters. The van der Waals surface area contributed by atoms with E-state index in [1.54, 1.807) is 14.0 Å². The first-order valence-electron chi connectivity index (χ1n) is 7.41. The molecular weight excluding hydrogens is 353 g/mol. The molecule has 0 fully saturated rings. The molecule has 0 saturated heterocycles. The van der Waals surface area contributed by atoms with Crippen LogP contribution in [0.1, 0.15) is 11.3 Å². The molecule has 0 aliphatic rings. The van der Waals surface area contributed by atoms with Crippen molar-refractivity contribution in [1.82, 2.24) is 24.8 Å². The highest BCUT2D eigenvalue weighted by atomic mass is 19.4. The van der Waals surface area contributed by atoms with E-state index in [1.807, 2.05) is 0 Å². The Hall–Kier alpha value is -3.24. The Kier molecular flexibility index (Phi) is 4.22. The molecule has 8 nitrogen and oxygen atoms in total. The number of aryl methyl sites for hydroxylation is 2. The van der Waals surface area contributed by atoms with Gasteiger partial charge in [0.2, 0.25) is 5.91 Å². The third-order valence-corrected chi connectivity index (χ3v) is 3.79. The summed E-state index contributed by atoms with van der Waals surface area (Å²) in [6.45, 7) is 1.11. The van der Waals surface area contributed by atoms with Crippen LogP contribution in [0.5, 0.6) is 0 Å². The number of hydrogen-bond acceptors (Lipinski definition) is 5. The topological polar surface area (TPSA) is 94.7 Å². The quantitative estimate of drug-likeness (QED) is 0.758. The Labute approximate surface area is 144 Å². The minimum absolute atomic E-state index is 0.0310. The van der Waals surface area contributed by atoms with E-state index in [0.717, 1.165) is 16.8 Å². The molecule has 26 heavy (non-hydrogen) atoms. The largest absolute Gasteiger partial charge is 0.418 e. The second kappa shape index (κ2) is 6.24. The monoisotopic (exact) mass is 366 g/mol. The Morgan fingerprint density at radius 1 is 1.23 bits per heavy atom. The summed E-state index contributed by atoms with van der Waals surface area (Å²) < 4.78 is 41.1. The highest BCUT2D eigenvalue weighted by Gasteiger charge is 2.33. The van der Waals surface area contributed by atoms with E-state index in [9.17, 15) is 22.8 Å². The fourth-order valence-electron chi connectivity index (χ4n) is 2.39. The maximum Gasteiger partial charge on any atom is 0.418 e. The standard InChI is InChI=1S/C15H13F3N6O2/c1-8-12-13(21-23(8)2)14(26)24(22-20-12)7-11(25)19-10-6-4-3-5-9(10)15(16,17)18/h3-6H,7H2,1-2H3,(H,19,25). The Bertz CT molecular complexity index is 1050. The number of aromatic nitrogens is 5. The van der Waals surface area contributed by atoms with Gasteiger partial charge in [0, 0.05) is 7.05 Å². The lowest BCUT2D eigenvalue weighted by Gasteiger charge is -2.13. The molecule has 0 bridgehead atoms. The van der Waals surface area contributed by atoms with Gasteiger partial charge in [-0.3, -0.25) is 14.3 Å². The number of benzene rings is 1. The lowest BCUT2D eigenvalue weighted by molar-refractivity contribution is -0.137. The fraction of sp³-hybridized carbons (Fsp3) is 0.267. The third kappa shape index (κ3) is 3.15. The zero-order chi connectivity index (χ0) is 19.1. The number of rotatable bonds is 3. The number of hydrogen-bond donors (Lipinski definition) is 1. The highest BCUT2D eigenvalue weighted by molar-refractivity contribution is 5.91. The first-order valence-corrected chi connectivity index (χ1v) is 7.41. The molecule has 3 aromatic rings. The number of para-hydroxylation sites is 1. The van der Waals surface area contributed by atoms with Crippen molar-refractivity contribution in [3.63, 3.8) is 0 Å². The number of nitrogens with one attached hydrogen (secondary N) is 1. The number of carbonyl (C=O) groups is 1. The van der Waals surface area contributed by atoms with Gasteiger partial charge in [0.15, 0.2) is 5.52 Å². The van der Waals surface area contributed by atoms with E-state index in [1.165, 1.54) is 16.8 Å². The van der Waals surface area contributed by atoms with Crippen LogP contribution in [0.15, 0.2) is 29.1 Å². The zero-order valence-electron chi connectivity index (χ0n) is 13.7. The van der Waals surface area contributed by atoms with Gasteiger partial charge in [-0.15, -0.1) is 5.10 Å². The van der Waals surface area contributed by atoms with E-state index in [2.05, 4.69) is 20.7 Å². The van der Waals surface area contributed by atoms with E-state index in [-0.39, 0.29) is 5.52 Å². The van der Waals surface area contributed by atoms with Crippen molar-refractivity contribution in [2.24, 2.45) is 7.05 Å². The molecular formula is C15H13F3N6O2. The van der Waals surface area contributed by atoms with Crippen LogP contribution in [0.3, 0.4) is 0 Å². The van der Waals surface area contributed by atoms with Gasteiger partial charge in [0.05, 0.1) is 16.9 Å². The van der Waals surface area contributed by atoms with Crippen molar-refractivity contribution < 1.29 is 18.0 Å². The van der Waals surface area contributed by atoms with Gasteiger partial charge in [-0.2, -0.15) is 23.0 Å². The van der Waals surface area contributed by atoms with Crippen LogP contribution in [0.4, 0.5) is 18.9 Å². The molecule has 0 radical (unpaired) electrons. The molecule has 0 unspecified atom stereocenters. The van der Waals surface area contributed by atoms with Crippen molar-refractivity contribution in [2.45, 2.75) is 19.6 Å². The summed E-state index contributed by atoms with van der Waals surface area (Å²) in [6.07, 6.45) is -4.62. The molecule has 2 aromatic heterocycles. The summed E-state index contributed by atoms with van der Waals surface area (Å²) in [5.41, 5.74) is -1.08. The van der Waals surface area contributed by atoms with Crippen LogP contribution >= 0.6 is 0 Å². The van der Waals surface area contributed by atoms with Crippen LogP contribution < -0.4 is 10.9 Å². The Morgan fingerprint density at radius 2 is 1.92 bits per heavy atom. The lowest BCUT2D eigenvalue weighted by Crippen LogP contribution is -2.31. The van der Waals surface area contributed by atoms with Crippen molar-refractivity contribution >= 4 is 22.6 Å². The molecule has 0 saturated carbocycles. The highest BCUT2D eigenvalue weighted by Crippen LogP contribution is 2.34. The molecule has 0 aliphatic heterocycles. The van der Waals surface area contributed by atoms with Gasteiger partial charge in [0.25, 0.3) is 5.56 Å². The van der Waals surface area contributed by atoms with Crippen molar-refractivity contribution in [3.8, 4) is 0 Å². The molecule has 1 amide bonds. The number of amides is 1. The third-order valence-electron chi connectivity index (χ3n) is 3.79. The SMILES string of the molecule is Cc1c2nnn(CC(=O)Nc3ccccc3C(F)(F)F)c(=O)c2nn1C. The molecule has 0 aliphatic carbocycles. The lowest BCUT2D eigenvalue weighted by atomic mass is 10.1. The molecule has 2 heterocycles. The summed E-state index contributed by atoms with van der Waals surface area (Å²) in [4.78, 5) is 24.4. The van der Waals surface area contributed by atoms with Gasteiger partial charge in [-0.1, -0.05) is 17.3 Å². The van der Waals surface area contributed by atoms with E-state index in [4.69, 9.17) is 0 Å². The molecule has 136 valence electrons. The summed E-state index contributed by atoms with van der Waals surface area (Å²) in [5.74, 6) is -0.842. The van der Waals surface area contributed by atoms with Crippen LogP contribution in [-0.2, 0) is 24.6 Å². The van der Waals surface area contributed by atoms with Crippen LogP contribution in [0.25, 0.3) is 11.0 Å². The average Bonchev–Trinajstić information content (AvgIpc) is 2.85. The second-order valence-electron chi connectivity index (χ2n) is 5.55. The summed E-state index contributed by atoms with van der Waals surface area (Å²) in [6, 6.07) is 4.55. The summed E-state index contributed by atoms with van der Waals surface area (Å²) >= 11 is 0. The van der Waals surface area contributed by atoms with Crippen LogP contribution in [0, 0.1) is 6.92 Å². The van der Waals surface area contributed by atoms with Crippen LogP contribution in [0.2, 0.25) is 0 Å². The number of alkyl halides is 3. The van der Waals surface area contributed by atoms with E-state index in [0.29, 0.717) is 11.2 Å². The molecule has 0 spiro atoms. The minimum atomic E-state index is -4.62. The maximum atomic E-state index is 13.0. The predicted molar refractivity (Wildman–Crippen MR) is 85.4 cm³/mol. The first-order chi connectivity index (χ1) is 12.2. The summed E-state index contributed by atoms with van der Waals surface area (Å²) in [5, 5.41) is 13.7. The Balaban J connectivity index is 1.87. The predicted octanol–water partition coefficient (Wildman–Crippen LogP) is 1.49. The smallest absolute Gasteiger partial charge is 0.324 e. The molecule has 11 heteroatoms. The summed E-state index contributed by atoms with van der Waals surface area (Å²) in [7, 11) is 1.63. The van der Waals surface area contributed by atoms with Gasteiger partial charge < -0.3 is 5.32 Å². The van der Waals surface area contributed by atoms with Crippen molar-refractivity contribution in [3.05, 3.63) is 45.9 Å². The zero-order valence-corrected chi connectivity index (χ0v) is 13.7. The first kappa shape index (κ1) is 17.6. The number of carbonyl (C=O) groups excluding carboxylic acids is 1. The maximum absolute atomic E-state index is 13.0. The van der Waals surface area contributed by atoms with Gasteiger partial charge >= 0.3 is 6.18 Å². The van der Waals surface area contributed by atoms with Crippen molar-refractivity contribution in [1.29, 1.82) is 0 Å². The fourth-order valence-corrected chi connectivity index (χ4v) is 2.39. The molecule has 1 N–H and O–H groups in total. The number of fused-ring (bicyclic) bond motifs is 1. The number of halogens is 3. The average molecular weight is 366 g/mol. The van der Waals surface area contributed by atoms with Gasteiger partial charge in [-0.05, 0) is 19.1 Å². The second-order valence-corrected chi connectivity index (χ2v) is 5.55. The van der Waals surface area contributed by atoms with Crippen LogP contribution in [-0.4, -0.2) is 30.7 Å². The van der Waals surface area contributed by atoms with Gasteiger partial charge in [-0.25, -0.2) is 0 Å². The van der Waals surface area contributed by atoms with E-state index < -0.39 is 35.4 Å². The normalized spacial score (nSPS) is 11.7.